The molecular weight excluding hydrogens is 268 g/mol. The molecule has 0 aliphatic carbocycles. The Morgan fingerprint density at radius 2 is 1.18 bits per heavy atom. The molecule has 0 aromatic heterocycles. The summed E-state index contributed by atoms with van der Waals surface area (Å²) in [4.78, 5) is 0. The minimum Gasteiger partial charge on any atom is -0.267 e. The van der Waals surface area contributed by atoms with E-state index in [1.54, 1.807) is 13.8 Å². The van der Waals surface area contributed by atoms with Crippen molar-refractivity contribution in [3.05, 3.63) is 23.0 Å². The van der Waals surface area contributed by atoms with Crippen molar-refractivity contribution in [2.24, 2.45) is 0 Å². The van der Waals surface area contributed by atoms with Crippen molar-refractivity contribution >= 4 is 20.2 Å². The Morgan fingerprint density at radius 3 is 1.47 bits per heavy atom. The van der Waals surface area contributed by atoms with Gasteiger partial charge in [-0.15, -0.1) is 0 Å². The van der Waals surface area contributed by atoms with Crippen LogP contribution in [0.3, 0.4) is 0 Å². The predicted molar refractivity (Wildman–Crippen MR) is 64.0 cm³/mol. The summed E-state index contributed by atoms with van der Waals surface area (Å²) >= 11 is 0. The fourth-order valence-electron chi connectivity index (χ4n) is 0.821. The molecule has 0 amide bonds. The standard InChI is InChI=1S/C9H16O6S2/c1-3-8-16(10,11)14-6-5-7-15-17(12,13)9-4-2/h3-4,8-9H,5-7H2,1-2H3. The summed E-state index contributed by atoms with van der Waals surface area (Å²) in [5.74, 6) is 0. The maximum atomic E-state index is 11.0. The van der Waals surface area contributed by atoms with Crippen molar-refractivity contribution in [2.75, 3.05) is 13.2 Å². The molecule has 0 saturated carbocycles. The van der Waals surface area contributed by atoms with Crippen LogP contribution in [0.4, 0.5) is 0 Å². The lowest BCUT2D eigenvalue weighted by molar-refractivity contribution is 0.258. The van der Waals surface area contributed by atoms with E-state index in [1.807, 2.05) is 0 Å². The second kappa shape index (κ2) is 7.59. The quantitative estimate of drug-likeness (QED) is 0.490. The van der Waals surface area contributed by atoms with E-state index in [2.05, 4.69) is 8.37 Å². The van der Waals surface area contributed by atoms with Gasteiger partial charge in [0.05, 0.1) is 24.0 Å². The first-order valence-electron chi connectivity index (χ1n) is 4.87. The van der Waals surface area contributed by atoms with Gasteiger partial charge in [0.25, 0.3) is 20.2 Å². The third kappa shape index (κ3) is 9.04. The second-order valence-corrected chi connectivity index (χ2v) is 5.91. The molecule has 0 aromatic carbocycles. The largest absolute Gasteiger partial charge is 0.289 e. The first kappa shape index (κ1) is 16.3. The van der Waals surface area contributed by atoms with Crippen molar-refractivity contribution in [3.63, 3.8) is 0 Å². The molecule has 0 rings (SSSR count). The molecule has 0 spiro atoms. The number of allylic oxidation sites excluding steroid dienone is 2. The Morgan fingerprint density at radius 1 is 0.824 bits per heavy atom. The molecular formula is C9H16O6S2. The van der Waals surface area contributed by atoms with Crippen LogP contribution in [0.2, 0.25) is 0 Å². The summed E-state index contributed by atoms with van der Waals surface area (Å²) in [6.45, 7) is 2.84. The highest BCUT2D eigenvalue weighted by Crippen LogP contribution is 2.00. The fraction of sp³-hybridized carbons (Fsp3) is 0.556. The van der Waals surface area contributed by atoms with Gasteiger partial charge in [-0.05, 0) is 20.3 Å². The number of rotatable bonds is 8. The van der Waals surface area contributed by atoms with Gasteiger partial charge in [-0.3, -0.25) is 8.37 Å². The third-order valence-electron chi connectivity index (χ3n) is 1.39. The van der Waals surface area contributed by atoms with Gasteiger partial charge in [-0.25, -0.2) is 0 Å². The highest BCUT2D eigenvalue weighted by molar-refractivity contribution is 7.89. The highest BCUT2D eigenvalue weighted by atomic mass is 32.2. The Balaban J connectivity index is 3.89. The van der Waals surface area contributed by atoms with Crippen LogP contribution < -0.4 is 0 Å². The molecule has 0 atom stereocenters. The topological polar surface area (TPSA) is 86.7 Å². The van der Waals surface area contributed by atoms with Crippen molar-refractivity contribution < 1.29 is 25.2 Å². The van der Waals surface area contributed by atoms with Crippen LogP contribution in [0.15, 0.2) is 23.0 Å². The summed E-state index contributed by atoms with van der Waals surface area (Å²) in [6.07, 6.45) is 2.83. The molecule has 0 bridgehead atoms. The molecule has 0 aliphatic rings. The Hall–Kier alpha value is -0.700. The van der Waals surface area contributed by atoms with Gasteiger partial charge < -0.3 is 0 Å². The molecule has 0 unspecified atom stereocenters. The smallest absolute Gasteiger partial charge is 0.267 e. The minimum atomic E-state index is -3.66. The van der Waals surface area contributed by atoms with Crippen molar-refractivity contribution in [3.8, 4) is 0 Å². The van der Waals surface area contributed by atoms with Crippen LogP contribution in [0, 0.1) is 0 Å². The monoisotopic (exact) mass is 284 g/mol. The van der Waals surface area contributed by atoms with E-state index >= 15 is 0 Å². The van der Waals surface area contributed by atoms with E-state index in [1.165, 1.54) is 12.2 Å². The summed E-state index contributed by atoms with van der Waals surface area (Å²) in [6, 6.07) is 0. The third-order valence-corrected chi connectivity index (χ3v) is 3.59. The molecule has 17 heavy (non-hydrogen) atoms. The summed E-state index contributed by atoms with van der Waals surface area (Å²) in [7, 11) is -7.31. The summed E-state index contributed by atoms with van der Waals surface area (Å²) < 4.78 is 53.1. The van der Waals surface area contributed by atoms with E-state index < -0.39 is 20.2 Å². The van der Waals surface area contributed by atoms with Gasteiger partial charge >= 0.3 is 0 Å². The van der Waals surface area contributed by atoms with Gasteiger partial charge in [0, 0.05) is 0 Å². The van der Waals surface area contributed by atoms with Gasteiger partial charge in [0.2, 0.25) is 0 Å². The molecule has 0 heterocycles. The van der Waals surface area contributed by atoms with E-state index in [4.69, 9.17) is 0 Å². The number of hydrogen-bond donors (Lipinski definition) is 0. The first-order valence-corrected chi connectivity index (χ1v) is 7.81. The first-order chi connectivity index (χ1) is 7.83. The van der Waals surface area contributed by atoms with Crippen LogP contribution in [-0.2, 0) is 28.6 Å². The SMILES string of the molecule is CC=CS(=O)(=O)OCCCOS(=O)(=O)C=CC. The van der Waals surface area contributed by atoms with Crippen molar-refractivity contribution in [1.29, 1.82) is 0 Å². The number of hydrogen-bond acceptors (Lipinski definition) is 6. The lowest BCUT2D eigenvalue weighted by Gasteiger charge is -2.02. The molecule has 0 radical (unpaired) electrons. The van der Waals surface area contributed by atoms with Crippen molar-refractivity contribution in [2.45, 2.75) is 20.3 Å². The molecule has 100 valence electrons. The zero-order valence-electron chi connectivity index (χ0n) is 9.70. The molecule has 6 nitrogen and oxygen atoms in total. The molecule has 0 aromatic rings. The molecule has 0 N–H and O–H groups in total. The summed E-state index contributed by atoms with van der Waals surface area (Å²) in [5, 5.41) is 1.84. The van der Waals surface area contributed by atoms with E-state index in [0.29, 0.717) is 0 Å². The van der Waals surface area contributed by atoms with Gasteiger partial charge in [-0.2, -0.15) is 16.8 Å². The van der Waals surface area contributed by atoms with Crippen molar-refractivity contribution in [1.82, 2.24) is 0 Å². The van der Waals surface area contributed by atoms with Crippen LogP contribution in [0.5, 0.6) is 0 Å². The summed E-state index contributed by atoms with van der Waals surface area (Å²) in [5.41, 5.74) is 0. The highest BCUT2D eigenvalue weighted by Gasteiger charge is 2.07. The molecule has 8 heteroatoms. The Kier molecular flexibility index (Phi) is 7.28. The zero-order chi connectivity index (χ0) is 13.4. The molecule has 0 fully saturated rings. The lowest BCUT2D eigenvalue weighted by Crippen LogP contribution is -2.08. The second-order valence-electron chi connectivity index (χ2n) is 2.92. The average molecular weight is 284 g/mol. The van der Waals surface area contributed by atoms with Crippen LogP contribution in [0.1, 0.15) is 20.3 Å². The zero-order valence-corrected chi connectivity index (χ0v) is 11.3. The van der Waals surface area contributed by atoms with Gasteiger partial charge in [0.15, 0.2) is 0 Å². The predicted octanol–water partition coefficient (Wildman–Crippen LogP) is 1.14. The van der Waals surface area contributed by atoms with Crippen LogP contribution in [0.25, 0.3) is 0 Å². The van der Waals surface area contributed by atoms with E-state index in [0.717, 1.165) is 10.8 Å². The van der Waals surface area contributed by atoms with Crippen LogP contribution >= 0.6 is 0 Å². The van der Waals surface area contributed by atoms with Gasteiger partial charge in [0.1, 0.15) is 0 Å². The van der Waals surface area contributed by atoms with Crippen LogP contribution in [-0.4, -0.2) is 30.0 Å². The van der Waals surface area contributed by atoms with E-state index in [9.17, 15) is 16.8 Å². The normalized spacial score (nSPS) is 13.8. The maximum Gasteiger partial charge on any atom is 0.289 e. The van der Waals surface area contributed by atoms with E-state index in [-0.39, 0.29) is 19.6 Å². The minimum absolute atomic E-state index is 0.127. The molecule has 0 aliphatic heterocycles. The molecule has 0 saturated heterocycles. The Labute approximate surface area is 102 Å². The lowest BCUT2D eigenvalue weighted by atomic mass is 10.5. The fourth-order valence-corrected chi connectivity index (χ4v) is 2.35. The average Bonchev–Trinajstić information content (AvgIpc) is 2.16. The maximum absolute atomic E-state index is 11.0. The van der Waals surface area contributed by atoms with Gasteiger partial charge in [-0.1, -0.05) is 12.2 Å². The Bertz CT molecular complexity index is 414.